The largest absolute Gasteiger partial charge is 0.736 e. The van der Waals surface area contributed by atoms with Crippen molar-refractivity contribution in [1.82, 2.24) is 0 Å². The molecular weight excluding hydrogens is 431 g/mol. The Labute approximate surface area is 201 Å². The second kappa shape index (κ2) is 8.78. The Kier molecular flexibility index (Phi) is 7.31. The van der Waals surface area contributed by atoms with E-state index >= 15 is 0 Å². The van der Waals surface area contributed by atoms with Crippen LogP contribution in [0.3, 0.4) is 0 Å². The van der Waals surface area contributed by atoms with Crippen molar-refractivity contribution in [1.29, 1.82) is 0 Å². The molecule has 0 aliphatic rings. The van der Waals surface area contributed by atoms with Crippen molar-refractivity contribution in [2.45, 2.75) is 105 Å². The fourth-order valence-electron chi connectivity index (χ4n) is 3.31. The summed E-state index contributed by atoms with van der Waals surface area (Å²) in [5, 5.41) is 0. The Bertz CT molecular complexity index is 896. The molecule has 0 aliphatic carbocycles. The number of hydrogen-bond donors (Lipinski definition) is 0. The average molecular weight is 474 g/mol. The van der Waals surface area contributed by atoms with Crippen molar-refractivity contribution in [3.63, 3.8) is 0 Å². The van der Waals surface area contributed by atoms with E-state index in [1.54, 1.807) is 24.3 Å². The van der Waals surface area contributed by atoms with Gasteiger partial charge in [-0.3, -0.25) is 0 Å². The lowest BCUT2D eigenvalue weighted by molar-refractivity contribution is -0.208. The standard InChI is InChI=1S/C28H43O4P/c1-25(2,3)19-13-20(26(4,5)6)16-23(15-19)31-33(29,30)32-24-17-21(27(7,8)9)14-22(18-24)28(10,11)12/h13-18H,1-12H3,(H,29,30)/p-1. The molecule has 0 bridgehead atoms. The SMILES string of the molecule is CC(C)(C)c1cc(OP(=O)([O-])Oc2cc(C(C)(C)C)cc(C(C)(C)C)c2)cc(C(C)(C)C)c1. The minimum Gasteiger partial charge on any atom is -0.736 e. The Balaban J connectivity index is 2.48. The molecule has 0 unspecified atom stereocenters. The van der Waals surface area contributed by atoms with Crippen molar-refractivity contribution >= 4 is 7.82 Å². The van der Waals surface area contributed by atoms with Crippen molar-refractivity contribution in [3.8, 4) is 11.5 Å². The molecule has 0 saturated carbocycles. The fourth-order valence-corrected chi connectivity index (χ4v) is 4.08. The molecule has 0 N–H and O–H groups in total. The van der Waals surface area contributed by atoms with Gasteiger partial charge in [0.05, 0.1) is 0 Å². The maximum Gasteiger partial charge on any atom is 0.372 e. The monoisotopic (exact) mass is 473 g/mol. The summed E-state index contributed by atoms with van der Waals surface area (Å²) in [7, 11) is -4.67. The molecule has 2 aromatic rings. The quantitative estimate of drug-likeness (QED) is 0.425. The summed E-state index contributed by atoms with van der Waals surface area (Å²) in [5.41, 5.74) is 3.41. The lowest BCUT2D eigenvalue weighted by Crippen LogP contribution is -2.19. The van der Waals surface area contributed by atoms with E-state index in [-0.39, 0.29) is 33.2 Å². The second-order valence-electron chi connectivity index (χ2n) is 13.1. The number of hydrogen-bond acceptors (Lipinski definition) is 4. The topological polar surface area (TPSA) is 58.6 Å². The maximum atomic E-state index is 13.0. The molecule has 5 heteroatoms. The van der Waals surface area contributed by atoms with Crippen molar-refractivity contribution in [2.24, 2.45) is 0 Å². The van der Waals surface area contributed by atoms with Crippen LogP contribution < -0.4 is 13.9 Å². The predicted octanol–water partition coefficient (Wildman–Crippen LogP) is 7.80. The summed E-state index contributed by atoms with van der Waals surface area (Å²) < 4.78 is 24.0. The highest BCUT2D eigenvalue weighted by molar-refractivity contribution is 7.46. The molecule has 2 rings (SSSR count). The molecule has 0 spiro atoms. The van der Waals surface area contributed by atoms with Crippen LogP contribution in [0.5, 0.6) is 11.5 Å². The summed E-state index contributed by atoms with van der Waals surface area (Å²) in [6, 6.07) is 11.4. The van der Waals surface area contributed by atoms with E-state index in [9.17, 15) is 9.46 Å². The molecule has 0 fully saturated rings. The molecular formula is C28H42O4P-. The molecule has 0 heterocycles. The third kappa shape index (κ3) is 7.62. The summed E-state index contributed by atoms with van der Waals surface area (Å²) in [5.74, 6) is 0.544. The van der Waals surface area contributed by atoms with E-state index in [1.807, 2.05) is 0 Å². The number of phosphoric ester groups is 1. The first-order chi connectivity index (χ1) is 14.6. The van der Waals surface area contributed by atoms with Gasteiger partial charge in [-0.15, -0.1) is 0 Å². The molecule has 33 heavy (non-hydrogen) atoms. The first-order valence-electron chi connectivity index (χ1n) is 11.6. The van der Waals surface area contributed by atoms with Gasteiger partial charge in [0.2, 0.25) is 0 Å². The van der Waals surface area contributed by atoms with Gasteiger partial charge >= 0.3 is 7.82 Å². The van der Waals surface area contributed by atoms with Crippen LogP contribution in [0.4, 0.5) is 0 Å². The van der Waals surface area contributed by atoms with Crippen LogP contribution in [-0.4, -0.2) is 0 Å². The van der Waals surface area contributed by atoms with Crippen LogP contribution in [0, 0.1) is 0 Å². The fraction of sp³-hybridized carbons (Fsp3) is 0.571. The molecule has 0 aromatic heterocycles. The van der Waals surface area contributed by atoms with Crippen LogP contribution >= 0.6 is 7.82 Å². The first kappa shape index (κ1) is 27.5. The van der Waals surface area contributed by atoms with Gasteiger partial charge in [0.25, 0.3) is 0 Å². The number of rotatable bonds is 4. The van der Waals surface area contributed by atoms with Crippen molar-refractivity contribution in [3.05, 3.63) is 58.7 Å². The third-order valence-corrected chi connectivity index (χ3v) is 6.58. The Morgan fingerprint density at radius 1 is 0.515 bits per heavy atom. The highest BCUT2D eigenvalue weighted by Crippen LogP contribution is 2.44. The minimum atomic E-state index is -4.67. The van der Waals surface area contributed by atoms with E-state index in [2.05, 4.69) is 95.2 Å². The average Bonchev–Trinajstić information content (AvgIpc) is 2.57. The minimum absolute atomic E-state index is 0.157. The predicted molar refractivity (Wildman–Crippen MR) is 137 cm³/mol. The lowest BCUT2D eigenvalue weighted by atomic mass is 9.80. The molecule has 0 atom stereocenters. The van der Waals surface area contributed by atoms with E-state index < -0.39 is 7.82 Å². The molecule has 0 amide bonds. The zero-order chi connectivity index (χ0) is 25.6. The Hall–Kier alpha value is -1.77. The van der Waals surface area contributed by atoms with Gasteiger partial charge in [0.1, 0.15) is 11.5 Å². The zero-order valence-corrected chi connectivity index (χ0v) is 23.4. The summed E-state index contributed by atoms with van der Waals surface area (Å²) in [6.45, 7) is 25.1. The van der Waals surface area contributed by atoms with Crippen LogP contribution in [0.15, 0.2) is 36.4 Å². The van der Waals surface area contributed by atoms with Crippen LogP contribution in [0.25, 0.3) is 0 Å². The molecule has 0 aliphatic heterocycles. The van der Waals surface area contributed by atoms with E-state index in [4.69, 9.17) is 9.05 Å². The van der Waals surface area contributed by atoms with Gasteiger partial charge in [-0.25, -0.2) is 4.57 Å². The second-order valence-corrected chi connectivity index (χ2v) is 14.4. The van der Waals surface area contributed by atoms with Gasteiger partial charge in [-0.1, -0.05) is 95.2 Å². The Morgan fingerprint density at radius 2 is 0.727 bits per heavy atom. The highest BCUT2D eigenvalue weighted by atomic mass is 31.2. The summed E-state index contributed by atoms with van der Waals surface area (Å²) in [4.78, 5) is 13.0. The van der Waals surface area contributed by atoms with Crippen LogP contribution in [0.1, 0.15) is 105 Å². The Morgan fingerprint density at radius 3 is 0.909 bits per heavy atom. The number of benzene rings is 2. The first-order valence-corrected chi connectivity index (χ1v) is 13.1. The van der Waals surface area contributed by atoms with Gasteiger partial charge in [-0.05, 0) is 68.2 Å². The highest BCUT2D eigenvalue weighted by Gasteiger charge is 2.25. The van der Waals surface area contributed by atoms with Crippen molar-refractivity contribution < 1.29 is 18.5 Å². The van der Waals surface area contributed by atoms with E-state index in [1.165, 1.54) is 0 Å². The van der Waals surface area contributed by atoms with Gasteiger partial charge < -0.3 is 13.9 Å². The van der Waals surface area contributed by atoms with Gasteiger partial charge in [0.15, 0.2) is 0 Å². The van der Waals surface area contributed by atoms with Crippen molar-refractivity contribution in [2.75, 3.05) is 0 Å². The number of phosphoric acid groups is 1. The molecule has 2 aromatic carbocycles. The molecule has 184 valence electrons. The molecule has 0 saturated heterocycles. The third-order valence-electron chi connectivity index (χ3n) is 5.71. The lowest BCUT2D eigenvalue weighted by Gasteiger charge is -2.30. The van der Waals surface area contributed by atoms with Gasteiger partial charge in [-0.2, -0.15) is 0 Å². The van der Waals surface area contributed by atoms with Crippen LogP contribution in [0.2, 0.25) is 0 Å². The molecule has 4 nitrogen and oxygen atoms in total. The summed E-state index contributed by atoms with van der Waals surface area (Å²) in [6.07, 6.45) is 0. The smallest absolute Gasteiger partial charge is 0.372 e. The van der Waals surface area contributed by atoms with Crippen LogP contribution in [-0.2, 0) is 26.2 Å². The summed E-state index contributed by atoms with van der Waals surface area (Å²) >= 11 is 0. The normalized spacial score (nSPS) is 13.7. The maximum absolute atomic E-state index is 13.0. The zero-order valence-electron chi connectivity index (χ0n) is 22.5. The van der Waals surface area contributed by atoms with Gasteiger partial charge in [0, 0.05) is 0 Å². The van der Waals surface area contributed by atoms with E-state index in [0.29, 0.717) is 0 Å². The molecule has 0 radical (unpaired) electrons. The van der Waals surface area contributed by atoms with E-state index in [0.717, 1.165) is 22.3 Å².